The molecule has 1 amide bonds. The predicted molar refractivity (Wildman–Crippen MR) is 122 cm³/mol. The van der Waals surface area contributed by atoms with E-state index in [1.54, 1.807) is 37.4 Å². The van der Waals surface area contributed by atoms with Crippen LogP contribution in [0.4, 0.5) is 10.1 Å². The average Bonchev–Trinajstić information content (AvgIpc) is 2.76. The van der Waals surface area contributed by atoms with Crippen molar-refractivity contribution in [1.29, 1.82) is 0 Å². The number of ether oxygens (including phenoxy) is 2. The summed E-state index contributed by atoms with van der Waals surface area (Å²) in [6, 6.07) is 11.6. The minimum Gasteiger partial charge on any atom is -0.492 e. The number of hydrogen-bond acceptors (Lipinski definition) is 3. The van der Waals surface area contributed by atoms with Gasteiger partial charge in [0.05, 0.1) is 22.6 Å². The summed E-state index contributed by atoms with van der Waals surface area (Å²) >= 11 is 6.40. The number of hydrogen-bond donors (Lipinski definition) is 1. The third-order valence-corrected chi connectivity index (χ3v) is 6.54. The van der Waals surface area contributed by atoms with Gasteiger partial charge < -0.3 is 14.8 Å². The van der Waals surface area contributed by atoms with E-state index in [4.69, 9.17) is 21.1 Å². The standard InChI is InChI=1S/C25H31ClFNO3/c1-24(2,30-3)15-16-31-22-12-11-20(17-21(22)26)28-23(29)25(13-5-4-6-14-25)18-7-9-19(27)10-8-18/h7-12,17H,4-6,13-16H2,1-3H3,(H,28,29). The Morgan fingerprint density at radius 1 is 1.13 bits per heavy atom. The summed E-state index contributed by atoms with van der Waals surface area (Å²) in [6.07, 6.45) is 5.25. The maximum atomic E-state index is 13.4. The molecule has 31 heavy (non-hydrogen) atoms. The quantitative estimate of drug-likeness (QED) is 0.501. The summed E-state index contributed by atoms with van der Waals surface area (Å²) in [5.74, 6) is 0.189. The number of halogens is 2. The van der Waals surface area contributed by atoms with Gasteiger partial charge in [-0.1, -0.05) is 43.0 Å². The molecule has 0 heterocycles. The summed E-state index contributed by atoms with van der Waals surface area (Å²) in [7, 11) is 1.68. The first-order chi connectivity index (χ1) is 14.8. The highest BCUT2D eigenvalue weighted by Gasteiger charge is 2.41. The average molecular weight is 448 g/mol. The molecule has 1 fully saturated rings. The van der Waals surface area contributed by atoms with Crippen LogP contribution in [-0.2, 0) is 14.9 Å². The van der Waals surface area contributed by atoms with E-state index in [1.165, 1.54) is 12.1 Å². The third kappa shape index (κ3) is 5.78. The van der Waals surface area contributed by atoms with Crippen molar-refractivity contribution < 1.29 is 18.7 Å². The molecule has 168 valence electrons. The fourth-order valence-corrected chi connectivity index (χ4v) is 4.26. The second kappa shape index (κ2) is 10.0. The molecule has 0 radical (unpaired) electrons. The highest BCUT2D eigenvalue weighted by Crippen LogP contribution is 2.41. The summed E-state index contributed by atoms with van der Waals surface area (Å²) in [5, 5.41) is 3.47. The molecule has 1 aliphatic carbocycles. The lowest BCUT2D eigenvalue weighted by Gasteiger charge is -2.36. The molecule has 0 bridgehead atoms. The van der Waals surface area contributed by atoms with Crippen LogP contribution in [-0.4, -0.2) is 25.2 Å². The van der Waals surface area contributed by atoms with E-state index in [9.17, 15) is 9.18 Å². The Kier molecular flexibility index (Phi) is 7.60. The lowest BCUT2D eigenvalue weighted by atomic mass is 9.68. The number of benzene rings is 2. The minimum absolute atomic E-state index is 0.0783. The number of nitrogens with one attached hydrogen (secondary N) is 1. The van der Waals surface area contributed by atoms with Gasteiger partial charge in [0.2, 0.25) is 5.91 Å². The molecule has 3 rings (SSSR count). The minimum atomic E-state index is -0.653. The number of methoxy groups -OCH3 is 1. The second-order valence-electron chi connectivity index (χ2n) is 8.81. The molecule has 0 aromatic heterocycles. The Labute approximate surface area is 189 Å². The van der Waals surface area contributed by atoms with E-state index in [0.717, 1.165) is 44.1 Å². The van der Waals surface area contributed by atoms with Crippen LogP contribution in [0, 0.1) is 5.82 Å². The van der Waals surface area contributed by atoms with Gasteiger partial charge in [0, 0.05) is 19.2 Å². The number of amides is 1. The van der Waals surface area contributed by atoms with Gasteiger partial charge in [-0.15, -0.1) is 0 Å². The van der Waals surface area contributed by atoms with Crippen molar-refractivity contribution in [2.75, 3.05) is 19.0 Å². The summed E-state index contributed by atoms with van der Waals surface area (Å²) < 4.78 is 24.6. The van der Waals surface area contributed by atoms with E-state index >= 15 is 0 Å². The molecule has 0 aliphatic heterocycles. The van der Waals surface area contributed by atoms with Gasteiger partial charge in [-0.3, -0.25) is 4.79 Å². The fraction of sp³-hybridized carbons (Fsp3) is 0.480. The van der Waals surface area contributed by atoms with Crippen LogP contribution >= 0.6 is 11.6 Å². The maximum Gasteiger partial charge on any atom is 0.235 e. The van der Waals surface area contributed by atoms with Crippen LogP contribution in [0.1, 0.15) is 57.9 Å². The highest BCUT2D eigenvalue weighted by molar-refractivity contribution is 6.32. The number of carbonyl (C=O) groups is 1. The molecule has 1 saturated carbocycles. The topological polar surface area (TPSA) is 47.6 Å². The van der Waals surface area contributed by atoms with Crippen molar-refractivity contribution in [3.8, 4) is 5.75 Å². The van der Waals surface area contributed by atoms with Crippen molar-refractivity contribution in [2.24, 2.45) is 0 Å². The second-order valence-corrected chi connectivity index (χ2v) is 9.22. The smallest absolute Gasteiger partial charge is 0.235 e. The fourth-order valence-electron chi connectivity index (χ4n) is 4.03. The van der Waals surface area contributed by atoms with Crippen molar-refractivity contribution in [3.63, 3.8) is 0 Å². The van der Waals surface area contributed by atoms with Gasteiger partial charge in [-0.05, 0) is 62.6 Å². The van der Waals surface area contributed by atoms with Crippen LogP contribution in [0.2, 0.25) is 5.02 Å². The monoisotopic (exact) mass is 447 g/mol. The van der Waals surface area contributed by atoms with E-state index < -0.39 is 5.41 Å². The van der Waals surface area contributed by atoms with E-state index in [0.29, 0.717) is 23.1 Å². The van der Waals surface area contributed by atoms with Gasteiger partial charge in [0.25, 0.3) is 0 Å². The normalized spacial score (nSPS) is 16.0. The molecular weight excluding hydrogens is 417 g/mol. The van der Waals surface area contributed by atoms with Gasteiger partial charge >= 0.3 is 0 Å². The van der Waals surface area contributed by atoms with E-state index in [1.807, 2.05) is 13.8 Å². The Bertz CT molecular complexity index is 892. The zero-order valence-electron chi connectivity index (χ0n) is 18.5. The van der Waals surface area contributed by atoms with Crippen molar-refractivity contribution >= 4 is 23.2 Å². The van der Waals surface area contributed by atoms with E-state index in [-0.39, 0.29) is 17.3 Å². The molecule has 4 nitrogen and oxygen atoms in total. The largest absolute Gasteiger partial charge is 0.492 e. The Balaban J connectivity index is 1.72. The lowest BCUT2D eigenvalue weighted by Crippen LogP contribution is -2.42. The van der Waals surface area contributed by atoms with Crippen LogP contribution < -0.4 is 10.1 Å². The van der Waals surface area contributed by atoms with Crippen LogP contribution in [0.25, 0.3) is 0 Å². The number of rotatable bonds is 8. The van der Waals surface area contributed by atoms with Gasteiger partial charge in [-0.25, -0.2) is 4.39 Å². The maximum absolute atomic E-state index is 13.4. The molecule has 0 atom stereocenters. The number of carbonyl (C=O) groups excluding carboxylic acids is 1. The van der Waals surface area contributed by atoms with E-state index in [2.05, 4.69) is 5.32 Å². The molecule has 6 heteroatoms. The van der Waals surface area contributed by atoms with Crippen molar-refractivity contribution in [1.82, 2.24) is 0 Å². The zero-order chi connectivity index (χ0) is 22.5. The molecule has 2 aromatic rings. The first-order valence-corrected chi connectivity index (χ1v) is 11.2. The van der Waals surface area contributed by atoms with Gasteiger partial charge in [0.1, 0.15) is 11.6 Å². The summed E-state index contributed by atoms with van der Waals surface area (Å²) in [6.45, 7) is 4.47. The molecule has 0 unspecified atom stereocenters. The van der Waals surface area contributed by atoms with Crippen LogP contribution in [0.3, 0.4) is 0 Å². The predicted octanol–water partition coefficient (Wildman–Crippen LogP) is 6.51. The van der Waals surface area contributed by atoms with Gasteiger partial charge in [-0.2, -0.15) is 0 Å². The first-order valence-electron chi connectivity index (χ1n) is 10.8. The summed E-state index contributed by atoms with van der Waals surface area (Å²) in [5.41, 5.74) is 0.554. The van der Waals surface area contributed by atoms with Gasteiger partial charge in [0.15, 0.2) is 0 Å². The van der Waals surface area contributed by atoms with Crippen molar-refractivity contribution in [2.45, 2.75) is 63.4 Å². The SMILES string of the molecule is COC(C)(C)CCOc1ccc(NC(=O)C2(c3ccc(F)cc3)CCCCC2)cc1Cl. The molecule has 2 aromatic carbocycles. The summed E-state index contributed by atoms with van der Waals surface area (Å²) in [4.78, 5) is 13.4. The lowest BCUT2D eigenvalue weighted by molar-refractivity contribution is -0.122. The Hall–Kier alpha value is -2.11. The van der Waals surface area contributed by atoms with Crippen LogP contribution in [0.15, 0.2) is 42.5 Å². The van der Waals surface area contributed by atoms with Crippen LogP contribution in [0.5, 0.6) is 5.75 Å². The van der Waals surface area contributed by atoms with Crippen molar-refractivity contribution in [3.05, 3.63) is 58.9 Å². The Morgan fingerprint density at radius 3 is 2.42 bits per heavy atom. The molecule has 0 spiro atoms. The zero-order valence-corrected chi connectivity index (χ0v) is 19.2. The first kappa shape index (κ1) is 23.6. The molecule has 1 N–H and O–H groups in total. The molecule has 1 aliphatic rings. The third-order valence-electron chi connectivity index (χ3n) is 6.24. The highest BCUT2D eigenvalue weighted by atomic mass is 35.5. The molecular formula is C25H31ClFNO3. The molecule has 0 saturated heterocycles. The Morgan fingerprint density at radius 2 is 1.81 bits per heavy atom. The number of anilines is 1.